The fourth-order valence-corrected chi connectivity index (χ4v) is 1.83. The molecule has 2 N–H and O–H groups in total. The highest BCUT2D eigenvalue weighted by Gasteiger charge is 2.33. The van der Waals surface area contributed by atoms with Gasteiger partial charge in [0.15, 0.2) is 0 Å². The van der Waals surface area contributed by atoms with Crippen LogP contribution in [-0.4, -0.2) is 18.5 Å². The Morgan fingerprint density at radius 1 is 1.19 bits per heavy atom. The SMILES string of the molecule is CC(C)CNC(C)CC(=O)Nc1ccccc1C(F)(F)F. The van der Waals surface area contributed by atoms with Gasteiger partial charge in [0, 0.05) is 12.5 Å². The molecule has 0 saturated heterocycles. The van der Waals surface area contributed by atoms with Crippen LogP contribution in [0.25, 0.3) is 0 Å². The molecular weight excluding hydrogens is 281 g/mol. The van der Waals surface area contributed by atoms with Crippen molar-refractivity contribution in [2.75, 3.05) is 11.9 Å². The lowest BCUT2D eigenvalue weighted by atomic mass is 10.1. The first-order chi connectivity index (χ1) is 9.70. The number of nitrogens with one attached hydrogen (secondary N) is 2. The number of benzene rings is 1. The molecule has 0 bridgehead atoms. The predicted octanol–water partition coefficient (Wildman–Crippen LogP) is 3.67. The van der Waals surface area contributed by atoms with Crippen molar-refractivity contribution < 1.29 is 18.0 Å². The molecule has 6 heteroatoms. The number of anilines is 1. The van der Waals surface area contributed by atoms with E-state index in [2.05, 4.69) is 10.6 Å². The third-order valence-electron chi connectivity index (χ3n) is 2.87. The van der Waals surface area contributed by atoms with Crippen LogP contribution in [0.15, 0.2) is 24.3 Å². The molecule has 0 aliphatic carbocycles. The third-order valence-corrected chi connectivity index (χ3v) is 2.87. The number of amides is 1. The lowest BCUT2D eigenvalue weighted by Gasteiger charge is -2.17. The zero-order valence-electron chi connectivity index (χ0n) is 12.4. The summed E-state index contributed by atoms with van der Waals surface area (Å²) < 4.78 is 38.4. The number of para-hydroxylation sites is 1. The number of hydrogen-bond donors (Lipinski definition) is 2. The second-order valence-electron chi connectivity index (χ2n) is 5.50. The molecule has 1 amide bonds. The molecule has 0 aliphatic rings. The smallest absolute Gasteiger partial charge is 0.325 e. The summed E-state index contributed by atoms with van der Waals surface area (Å²) in [6.45, 7) is 6.67. The molecule has 1 atom stereocenters. The summed E-state index contributed by atoms with van der Waals surface area (Å²) in [4.78, 5) is 11.8. The Hall–Kier alpha value is -1.56. The second-order valence-corrected chi connectivity index (χ2v) is 5.50. The Morgan fingerprint density at radius 2 is 1.81 bits per heavy atom. The summed E-state index contributed by atoms with van der Waals surface area (Å²) in [5.41, 5.74) is -1.03. The number of hydrogen-bond acceptors (Lipinski definition) is 2. The van der Waals surface area contributed by atoms with Gasteiger partial charge in [-0.25, -0.2) is 0 Å². The summed E-state index contributed by atoms with van der Waals surface area (Å²) in [7, 11) is 0. The van der Waals surface area contributed by atoms with Crippen molar-refractivity contribution in [2.24, 2.45) is 5.92 Å². The molecule has 0 radical (unpaired) electrons. The standard InChI is InChI=1S/C15H21F3N2O/c1-10(2)9-19-11(3)8-14(21)20-13-7-5-4-6-12(13)15(16,17)18/h4-7,10-11,19H,8-9H2,1-3H3,(H,20,21). The van der Waals surface area contributed by atoms with Crippen molar-refractivity contribution in [1.29, 1.82) is 0 Å². The van der Waals surface area contributed by atoms with Crippen LogP contribution in [0.5, 0.6) is 0 Å². The lowest BCUT2D eigenvalue weighted by Crippen LogP contribution is -2.33. The first-order valence-electron chi connectivity index (χ1n) is 6.89. The van der Waals surface area contributed by atoms with Crippen LogP contribution in [0.3, 0.4) is 0 Å². The van der Waals surface area contributed by atoms with E-state index in [9.17, 15) is 18.0 Å². The van der Waals surface area contributed by atoms with Gasteiger partial charge in [0.25, 0.3) is 0 Å². The lowest BCUT2D eigenvalue weighted by molar-refractivity contribution is -0.137. The quantitative estimate of drug-likeness (QED) is 0.842. The zero-order chi connectivity index (χ0) is 16.0. The first-order valence-corrected chi connectivity index (χ1v) is 6.89. The van der Waals surface area contributed by atoms with E-state index in [4.69, 9.17) is 0 Å². The highest BCUT2D eigenvalue weighted by molar-refractivity contribution is 5.92. The van der Waals surface area contributed by atoms with E-state index in [1.807, 2.05) is 20.8 Å². The monoisotopic (exact) mass is 302 g/mol. The number of alkyl halides is 3. The first kappa shape index (κ1) is 17.5. The minimum absolute atomic E-state index is 0.0922. The van der Waals surface area contributed by atoms with Crippen LogP contribution in [0.1, 0.15) is 32.8 Å². The summed E-state index contributed by atoms with van der Waals surface area (Å²) in [6, 6.07) is 4.88. The van der Waals surface area contributed by atoms with Crippen molar-refractivity contribution in [1.82, 2.24) is 5.32 Å². The predicted molar refractivity (Wildman–Crippen MR) is 77.0 cm³/mol. The van der Waals surface area contributed by atoms with Crippen LogP contribution in [-0.2, 0) is 11.0 Å². The van der Waals surface area contributed by atoms with E-state index in [1.165, 1.54) is 18.2 Å². The number of carbonyl (C=O) groups is 1. The molecule has 0 fully saturated rings. The van der Waals surface area contributed by atoms with Crippen LogP contribution in [0.2, 0.25) is 0 Å². The van der Waals surface area contributed by atoms with E-state index in [0.717, 1.165) is 12.6 Å². The Balaban J connectivity index is 2.63. The van der Waals surface area contributed by atoms with Crippen molar-refractivity contribution in [3.63, 3.8) is 0 Å². The highest BCUT2D eigenvalue weighted by Crippen LogP contribution is 2.34. The Bertz CT molecular complexity index is 472. The van der Waals surface area contributed by atoms with Gasteiger partial charge >= 0.3 is 6.18 Å². The van der Waals surface area contributed by atoms with Crippen molar-refractivity contribution >= 4 is 11.6 Å². The maximum atomic E-state index is 12.8. The van der Waals surface area contributed by atoms with E-state index < -0.39 is 17.6 Å². The number of carbonyl (C=O) groups excluding carboxylic acids is 1. The molecule has 0 heterocycles. The minimum Gasteiger partial charge on any atom is -0.325 e. The van der Waals surface area contributed by atoms with Crippen molar-refractivity contribution in [3.05, 3.63) is 29.8 Å². The highest BCUT2D eigenvalue weighted by atomic mass is 19.4. The molecule has 0 aliphatic heterocycles. The average Bonchev–Trinajstić information content (AvgIpc) is 2.35. The third kappa shape index (κ3) is 6.16. The molecule has 0 spiro atoms. The van der Waals surface area contributed by atoms with E-state index in [-0.39, 0.29) is 18.2 Å². The molecule has 1 aromatic rings. The van der Waals surface area contributed by atoms with Gasteiger partial charge in [-0.05, 0) is 31.5 Å². The van der Waals surface area contributed by atoms with E-state index in [0.29, 0.717) is 5.92 Å². The van der Waals surface area contributed by atoms with Gasteiger partial charge in [-0.3, -0.25) is 4.79 Å². The molecule has 118 valence electrons. The van der Waals surface area contributed by atoms with E-state index >= 15 is 0 Å². The molecule has 0 saturated carbocycles. The molecule has 21 heavy (non-hydrogen) atoms. The van der Waals surface area contributed by atoms with E-state index in [1.54, 1.807) is 0 Å². The van der Waals surface area contributed by atoms with Gasteiger partial charge in [0.2, 0.25) is 5.91 Å². The Kier molecular flexibility index (Phi) is 6.20. The van der Waals surface area contributed by atoms with Crippen LogP contribution in [0.4, 0.5) is 18.9 Å². The summed E-state index contributed by atoms with van der Waals surface area (Å²) in [5.74, 6) is 0.0110. The summed E-state index contributed by atoms with van der Waals surface area (Å²) in [5, 5.41) is 5.50. The maximum absolute atomic E-state index is 12.8. The Labute approximate surface area is 122 Å². The molecule has 0 aromatic heterocycles. The number of halogens is 3. The Morgan fingerprint density at radius 3 is 2.38 bits per heavy atom. The van der Waals surface area contributed by atoms with Crippen molar-refractivity contribution in [3.8, 4) is 0 Å². The van der Waals surface area contributed by atoms with Crippen LogP contribution in [0, 0.1) is 5.92 Å². The average molecular weight is 302 g/mol. The fraction of sp³-hybridized carbons (Fsp3) is 0.533. The molecular formula is C15H21F3N2O. The second kappa shape index (κ2) is 7.45. The normalized spacial score (nSPS) is 13.3. The van der Waals surface area contributed by atoms with Gasteiger partial charge in [-0.2, -0.15) is 13.2 Å². The fourth-order valence-electron chi connectivity index (χ4n) is 1.83. The van der Waals surface area contributed by atoms with Gasteiger partial charge in [-0.1, -0.05) is 26.0 Å². The van der Waals surface area contributed by atoms with Gasteiger partial charge < -0.3 is 10.6 Å². The summed E-state index contributed by atoms with van der Waals surface area (Å²) in [6.07, 6.45) is -4.36. The van der Waals surface area contributed by atoms with Crippen molar-refractivity contribution in [2.45, 2.75) is 39.4 Å². The topological polar surface area (TPSA) is 41.1 Å². The molecule has 1 aromatic carbocycles. The largest absolute Gasteiger partial charge is 0.418 e. The maximum Gasteiger partial charge on any atom is 0.418 e. The molecule has 1 rings (SSSR count). The minimum atomic E-state index is -4.48. The zero-order valence-corrected chi connectivity index (χ0v) is 12.4. The van der Waals surface area contributed by atoms with Crippen LogP contribution >= 0.6 is 0 Å². The van der Waals surface area contributed by atoms with Gasteiger partial charge in [-0.15, -0.1) is 0 Å². The summed E-state index contributed by atoms with van der Waals surface area (Å²) >= 11 is 0. The number of rotatable bonds is 6. The van der Waals surface area contributed by atoms with Crippen LogP contribution < -0.4 is 10.6 Å². The molecule has 3 nitrogen and oxygen atoms in total. The van der Waals surface area contributed by atoms with Gasteiger partial charge in [0.05, 0.1) is 11.3 Å². The molecule has 1 unspecified atom stereocenters. The van der Waals surface area contributed by atoms with Gasteiger partial charge in [0.1, 0.15) is 0 Å².